The zero-order valence-corrected chi connectivity index (χ0v) is 13.5. The SMILES string of the molecule is COc1ccc2c(c1)C1=NN(C(C)=O)C(c3ccc(F)cc3)C1C2. The smallest absolute Gasteiger partial charge is 0.240 e. The number of hydrogen-bond donors (Lipinski definition) is 0. The standard InChI is InChI=1S/C19H17FN2O2/c1-11(23)22-19(12-3-6-14(20)7-4-12)17-9-13-5-8-15(24-2)10-16(13)18(17)21-22/h3-8,10,17,19H,9H2,1-2H3. The Hall–Kier alpha value is -2.69. The lowest BCUT2D eigenvalue weighted by Gasteiger charge is -2.25. The maximum atomic E-state index is 13.3. The molecule has 0 saturated heterocycles. The first kappa shape index (κ1) is 14.9. The van der Waals surface area contributed by atoms with E-state index < -0.39 is 0 Å². The van der Waals surface area contributed by atoms with Gasteiger partial charge in [0.15, 0.2) is 0 Å². The van der Waals surface area contributed by atoms with Crippen molar-refractivity contribution >= 4 is 11.6 Å². The summed E-state index contributed by atoms with van der Waals surface area (Å²) in [5.74, 6) is 0.459. The molecule has 0 aromatic heterocycles. The summed E-state index contributed by atoms with van der Waals surface area (Å²) >= 11 is 0. The number of halogens is 1. The first-order chi connectivity index (χ1) is 11.6. The van der Waals surface area contributed by atoms with Crippen molar-refractivity contribution in [3.05, 3.63) is 65.0 Å². The third-order valence-electron chi connectivity index (χ3n) is 4.78. The molecule has 2 aromatic carbocycles. The van der Waals surface area contributed by atoms with Gasteiger partial charge in [0.05, 0.1) is 18.9 Å². The predicted octanol–water partition coefficient (Wildman–Crippen LogP) is 3.31. The number of carbonyl (C=O) groups is 1. The maximum Gasteiger partial charge on any atom is 0.240 e. The molecule has 0 N–H and O–H groups in total. The molecule has 0 bridgehead atoms. The molecular weight excluding hydrogens is 307 g/mol. The highest BCUT2D eigenvalue weighted by Gasteiger charge is 2.45. The van der Waals surface area contributed by atoms with Gasteiger partial charge in [0.25, 0.3) is 0 Å². The molecule has 5 heteroatoms. The molecule has 1 aliphatic carbocycles. The fourth-order valence-corrected chi connectivity index (χ4v) is 3.67. The van der Waals surface area contributed by atoms with Crippen molar-refractivity contribution in [2.75, 3.05) is 7.11 Å². The summed E-state index contributed by atoms with van der Waals surface area (Å²) in [6.07, 6.45) is 0.810. The average Bonchev–Trinajstić information content (AvgIpc) is 3.11. The van der Waals surface area contributed by atoms with Crippen LogP contribution in [0.1, 0.15) is 29.7 Å². The summed E-state index contributed by atoms with van der Waals surface area (Å²) in [5.41, 5.74) is 4.05. The van der Waals surface area contributed by atoms with Crippen LogP contribution in [0.15, 0.2) is 47.6 Å². The van der Waals surface area contributed by atoms with E-state index in [1.165, 1.54) is 29.6 Å². The molecule has 4 nitrogen and oxygen atoms in total. The summed E-state index contributed by atoms with van der Waals surface area (Å²) in [6, 6.07) is 12.1. The van der Waals surface area contributed by atoms with Crippen LogP contribution in [0.4, 0.5) is 4.39 Å². The minimum absolute atomic E-state index is 0.0847. The highest BCUT2D eigenvalue weighted by molar-refractivity contribution is 6.08. The molecule has 1 amide bonds. The van der Waals surface area contributed by atoms with Crippen LogP contribution in [0.3, 0.4) is 0 Å². The quantitative estimate of drug-likeness (QED) is 0.850. The van der Waals surface area contributed by atoms with E-state index in [2.05, 4.69) is 11.2 Å². The van der Waals surface area contributed by atoms with E-state index in [4.69, 9.17) is 4.74 Å². The summed E-state index contributed by atoms with van der Waals surface area (Å²) < 4.78 is 18.6. The van der Waals surface area contributed by atoms with Crippen molar-refractivity contribution in [3.8, 4) is 5.75 Å². The molecule has 2 unspecified atom stereocenters. The predicted molar refractivity (Wildman–Crippen MR) is 88.4 cm³/mol. The van der Waals surface area contributed by atoms with Gasteiger partial charge in [0.1, 0.15) is 11.6 Å². The number of methoxy groups -OCH3 is 1. The minimum atomic E-state index is -0.285. The van der Waals surface area contributed by atoms with E-state index in [1.807, 2.05) is 12.1 Å². The second-order valence-electron chi connectivity index (χ2n) is 6.18. The fraction of sp³-hybridized carbons (Fsp3) is 0.263. The first-order valence-corrected chi connectivity index (χ1v) is 7.89. The van der Waals surface area contributed by atoms with Crippen LogP contribution in [-0.2, 0) is 11.2 Å². The van der Waals surface area contributed by atoms with Crippen molar-refractivity contribution in [1.82, 2.24) is 5.01 Å². The van der Waals surface area contributed by atoms with Gasteiger partial charge in [-0.1, -0.05) is 18.2 Å². The van der Waals surface area contributed by atoms with Crippen molar-refractivity contribution in [1.29, 1.82) is 0 Å². The molecule has 0 fully saturated rings. The number of fused-ring (bicyclic) bond motifs is 3. The normalized spacial score (nSPS) is 21.3. The second kappa shape index (κ2) is 5.44. The highest BCUT2D eigenvalue weighted by Crippen LogP contribution is 2.44. The Morgan fingerprint density at radius 3 is 2.67 bits per heavy atom. The number of carbonyl (C=O) groups excluding carboxylic acids is 1. The Morgan fingerprint density at radius 1 is 1.25 bits per heavy atom. The summed E-state index contributed by atoms with van der Waals surface area (Å²) in [7, 11) is 1.63. The van der Waals surface area contributed by atoms with Gasteiger partial charge in [-0.15, -0.1) is 0 Å². The monoisotopic (exact) mass is 324 g/mol. The van der Waals surface area contributed by atoms with Gasteiger partial charge in [-0.05, 0) is 41.8 Å². The Bertz CT molecular complexity index is 845. The molecule has 122 valence electrons. The lowest BCUT2D eigenvalue weighted by Crippen LogP contribution is -2.28. The van der Waals surface area contributed by atoms with E-state index in [0.717, 1.165) is 29.0 Å². The Kier molecular flexibility index (Phi) is 3.37. The number of benzene rings is 2. The topological polar surface area (TPSA) is 41.9 Å². The first-order valence-electron chi connectivity index (χ1n) is 7.89. The molecule has 4 rings (SSSR count). The lowest BCUT2D eigenvalue weighted by atomic mass is 9.90. The molecule has 0 radical (unpaired) electrons. The summed E-state index contributed by atoms with van der Waals surface area (Å²) in [4.78, 5) is 12.1. The van der Waals surface area contributed by atoms with Gasteiger partial charge < -0.3 is 4.74 Å². The van der Waals surface area contributed by atoms with Gasteiger partial charge in [0, 0.05) is 18.4 Å². The van der Waals surface area contributed by atoms with Crippen molar-refractivity contribution in [2.45, 2.75) is 19.4 Å². The number of nitrogens with zero attached hydrogens (tertiary/aromatic N) is 2. The Morgan fingerprint density at radius 2 is 2.00 bits per heavy atom. The van der Waals surface area contributed by atoms with Crippen LogP contribution in [-0.4, -0.2) is 23.7 Å². The van der Waals surface area contributed by atoms with Gasteiger partial charge in [-0.25, -0.2) is 9.40 Å². The van der Waals surface area contributed by atoms with E-state index in [9.17, 15) is 9.18 Å². The van der Waals surface area contributed by atoms with E-state index in [-0.39, 0.29) is 23.7 Å². The lowest BCUT2D eigenvalue weighted by molar-refractivity contribution is -0.131. The van der Waals surface area contributed by atoms with Gasteiger partial charge in [-0.2, -0.15) is 5.10 Å². The Balaban J connectivity index is 1.79. The van der Waals surface area contributed by atoms with Crippen molar-refractivity contribution in [3.63, 3.8) is 0 Å². The molecule has 24 heavy (non-hydrogen) atoms. The third-order valence-corrected chi connectivity index (χ3v) is 4.78. The van der Waals surface area contributed by atoms with Crippen LogP contribution in [0.25, 0.3) is 0 Å². The number of hydrogen-bond acceptors (Lipinski definition) is 3. The summed E-state index contributed by atoms with van der Waals surface area (Å²) in [6.45, 7) is 1.51. The van der Waals surface area contributed by atoms with Crippen LogP contribution < -0.4 is 4.74 Å². The van der Waals surface area contributed by atoms with Crippen LogP contribution in [0.2, 0.25) is 0 Å². The molecule has 1 heterocycles. The number of ether oxygens (including phenoxy) is 1. The van der Waals surface area contributed by atoms with Gasteiger partial charge in [-0.3, -0.25) is 4.79 Å². The molecule has 2 aliphatic rings. The van der Waals surface area contributed by atoms with Crippen molar-refractivity contribution < 1.29 is 13.9 Å². The van der Waals surface area contributed by atoms with Crippen LogP contribution in [0.5, 0.6) is 5.75 Å². The molecular formula is C19H17FN2O2. The van der Waals surface area contributed by atoms with Gasteiger partial charge in [0.2, 0.25) is 5.91 Å². The molecule has 2 aromatic rings. The van der Waals surface area contributed by atoms with E-state index in [0.29, 0.717) is 0 Å². The highest BCUT2D eigenvalue weighted by atomic mass is 19.1. The molecule has 2 atom stereocenters. The number of rotatable bonds is 2. The maximum absolute atomic E-state index is 13.3. The summed E-state index contributed by atoms with van der Waals surface area (Å²) in [5, 5.41) is 6.12. The average molecular weight is 324 g/mol. The number of hydrazone groups is 1. The fourth-order valence-electron chi connectivity index (χ4n) is 3.67. The number of amides is 1. The minimum Gasteiger partial charge on any atom is -0.497 e. The molecule has 0 spiro atoms. The zero-order chi connectivity index (χ0) is 16.8. The van der Waals surface area contributed by atoms with Crippen LogP contribution >= 0.6 is 0 Å². The largest absolute Gasteiger partial charge is 0.497 e. The molecule has 0 saturated carbocycles. The second-order valence-corrected chi connectivity index (χ2v) is 6.18. The van der Waals surface area contributed by atoms with Crippen LogP contribution in [0, 0.1) is 11.7 Å². The third kappa shape index (κ3) is 2.19. The zero-order valence-electron chi connectivity index (χ0n) is 13.5. The van der Waals surface area contributed by atoms with Gasteiger partial charge >= 0.3 is 0 Å². The van der Waals surface area contributed by atoms with E-state index >= 15 is 0 Å². The Labute approximate surface area is 139 Å². The molecule has 1 aliphatic heterocycles. The van der Waals surface area contributed by atoms with E-state index in [1.54, 1.807) is 19.2 Å². The van der Waals surface area contributed by atoms with Crippen molar-refractivity contribution in [2.24, 2.45) is 11.0 Å².